The van der Waals surface area contributed by atoms with Crippen molar-refractivity contribution in [2.24, 2.45) is 5.92 Å². The Balaban J connectivity index is 1.39. The van der Waals surface area contributed by atoms with E-state index < -0.39 is 17.6 Å². The fraction of sp³-hybridized carbons (Fsp3) is 0.650. The molecule has 144 valence electrons. The molecule has 2 saturated carbocycles. The monoisotopic (exact) mass is 366 g/mol. The average molecular weight is 366 g/mol. The molecule has 1 atom stereocenters. The van der Waals surface area contributed by atoms with Crippen molar-refractivity contribution in [2.45, 2.75) is 63.6 Å². The van der Waals surface area contributed by atoms with Crippen LogP contribution in [0.3, 0.4) is 0 Å². The fourth-order valence-electron chi connectivity index (χ4n) is 3.75. The predicted molar refractivity (Wildman–Crippen MR) is 96.0 cm³/mol. The van der Waals surface area contributed by atoms with E-state index in [9.17, 15) is 13.6 Å². The SMILES string of the molecule is CC(CCc1ccc(F)cc1F)NC1CC(N(CC(=O)O)CC2CC2)C1. The van der Waals surface area contributed by atoms with E-state index in [1.807, 2.05) is 0 Å². The Morgan fingerprint density at radius 1 is 1.35 bits per heavy atom. The highest BCUT2D eigenvalue weighted by atomic mass is 19.1. The molecule has 3 rings (SSSR count). The quantitative estimate of drug-likeness (QED) is 0.668. The fourth-order valence-corrected chi connectivity index (χ4v) is 3.75. The van der Waals surface area contributed by atoms with E-state index >= 15 is 0 Å². The summed E-state index contributed by atoms with van der Waals surface area (Å²) in [6.07, 6.45) is 5.74. The second kappa shape index (κ2) is 8.44. The molecule has 26 heavy (non-hydrogen) atoms. The molecule has 0 aliphatic heterocycles. The number of hydrogen-bond donors (Lipinski definition) is 2. The third-order valence-corrected chi connectivity index (χ3v) is 5.54. The summed E-state index contributed by atoms with van der Waals surface area (Å²) in [4.78, 5) is 13.2. The van der Waals surface area contributed by atoms with Gasteiger partial charge in [-0.1, -0.05) is 6.07 Å². The highest BCUT2D eigenvalue weighted by Gasteiger charge is 2.37. The maximum absolute atomic E-state index is 13.7. The summed E-state index contributed by atoms with van der Waals surface area (Å²) in [5, 5.41) is 12.7. The summed E-state index contributed by atoms with van der Waals surface area (Å²) in [5.74, 6) is -1.09. The Kier molecular flexibility index (Phi) is 6.24. The third-order valence-electron chi connectivity index (χ3n) is 5.54. The molecule has 1 unspecified atom stereocenters. The summed E-state index contributed by atoms with van der Waals surface area (Å²) >= 11 is 0. The van der Waals surface area contributed by atoms with Gasteiger partial charge in [0, 0.05) is 30.7 Å². The van der Waals surface area contributed by atoms with E-state index in [0.717, 1.165) is 31.9 Å². The number of benzene rings is 1. The van der Waals surface area contributed by atoms with Crippen LogP contribution in [0.25, 0.3) is 0 Å². The second-order valence-corrected chi connectivity index (χ2v) is 7.93. The highest BCUT2D eigenvalue weighted by Crippen LogP contribution is 2.34. The van der Waals surface area contributed by atoms with Gasteiger partial charge in [-0.25, -0.2) is 8.78 Å². The van der Waals surface area contributed by atoms with E-state index in [1.165, 1.54) is 25.0 Å². The summed E-state index contributed by atoms with van der Waals surface area (Å²) in [6, 6.07) is 4.72. The zero-order chi connectivity index (χ0) is 18.7. The van der Waals surface area contributed by atoms with Crippen molar-refractivity contribution < 1.29 is 18.7 Å². The van der Waals surface area contributed by atoms with E-state index in [4.69, 9.17) is 5.11 Å². The number of aliphatic carboxylic acids is 1. The first kappa shape index (κ1) is 19.2. The average Bonchev–Trinajstić information content (AvgIpc) is 3.32. The van der Waals surface area contributed by atoms with Crippen molar-refractivity contribution >= 4 is 5.97 Å². The van der Waals surface area contributed by atoms with Crippen LogP contribution in [0, 0.1) is 17.6 Å². The lowest BCUT2D eigenvalue weighted by molar-refractivity contribution is -0.139. The number of carboxylic acid groups (broad SMARTS) is 1. The summed E-state index contributed by atoms with van der Waals surface area (Å²) in [6.45, 7) is 3.12. The van der Waals surface area contributed by atoms with Crippen LogP contribution in [0.4, 0.5) is 8.78 Å². The molecule has 1 aromatic carbocycles. The summed E-state index contributed by atoms with van der Waals surface area (Å²) < 4.78 is 26.6. The third kappa shape index (κ3) is 5.48. The van der Waals surface area contributed by atoms with Crippen molar-refractivity contribution in [3.05, 3.63) is 35.4 Å². The van der Waals surface area contributed by atoms with Crippen LogP contribution < -0.4 is 5.32 Å². The maximum atomic E-state index is 13.7. The van der Waals surface area contributed by atoms with Gasteiger partial charge in [0.1, 0.15) is 11.6 Å². The molecule has 0 spiro atoms. The number of halogens is 2. The van der Waals surface area contributed by atoms with Crippen molar-refractivity contribution in [3.63, 3.8) is 0 Å². The van der Waals surface area contributed by atoms with Crippen LogP contribution in [0.2, 0.25) is 0 Å². The lowest BCUT2D eigenvalue weighted by atomic mass is 9.84. The number of nitrogens with one attached hydrogen (secondary N) is 1. The molecule has 0 amide bonds. The number of aryl methyl sites for hydroxylation is 1. The second-order valence-electron chi connectivity index (χ2n) is 7.93. The molecular formula is C20H28F2N2O2. The molecule has 2 aliphatic carbocycles. The van der Waals surface area contributed by atoms with Crippen molar-refractivity contribution in [1.29, 1.82) is 0 Å². The molecule has 2 fully saturated rings. The molecule has 0 heterocycles. The molecule has 0 bridgehead atoms. The predicted octanol–water partition coefficient (Wildman–Crippen LogP) is 3.20. The van der Waals surface area contributed by atoms with Gasteiger partial charge in [0.25, 0.3) is 0 Å². The minimum atomic E-state index is -0.753. The van der Waals surface area contributed by atoms with E-state index in [1.54, 1.807) is 0 Å². The molecule has 4 nitrogen and oxygen atoms in total. The van der Waals surface area contributed by atoms with Crippen LogP contribution >= 0.6 is 0 Å². The molecule has 2 N–H and O–H groups in total. The van der Waals surface area contributed by atoms with Crippen molar-refractivity contribution in [2.75, 3.05) is 13.1 Å². The Morgan fingerprint density at radius 2 is 2.08 bits per heavy atom. The Morgan fingerprint density at radius 3 is 2.69 bits per heavy atom. The van der Waals surface area contributed by atoms with Gasteiger partial charge in [-0.05, 0) is 63.0 Å². The van der Waals surface area contributed by atoms with Gasteiger partial charge in [-0.15, -0.1) is 0 Å². The minimum absolute atomic E-state index is 0.132. The van der Waals surface area contributed by atoms with Crippen molar-refractivity contribution in [3.8, 4) is 0 Å². The number of rotatable bonds is 10. The van der Waals surface area contributed by atoms with Gasteiger partial charge in [0.2, 0.25) is 0 Å². The number of nitrogens with zero attached hydrogens (tertiary/aromatic N) is 1. The van der Waals surface area contributed by atoms with Crippen LogP contribution in [0.1, 0.15) is 44.6 Å². The normalized spacial score (nSPS) is 23.7. The molecule has 0 aromatic heterocycles. The zero-order valence-electron chi connectivity index (χ0n) is 15.3. The minimum Gasteiger partial charge on any atom is -0.480 e. The van der Waals surface area contributed by atoms with Gasteiger partial charge in [-0.2, -0.15) is 0 Å². The highest BCUT2D eigenvalue weighted by molar-refractivity contribution is 5.69. The largest absolute Gasteiger partial charge is 0.480 e. The van der Waals surface area contributed by atoms with Crippen LogP contribution in [0.5, 0.6) is 0 Å². The van der Waals surface area contributed by atoms with Crippen LogP contribution in [0.15, 0.2) is 18.2 Å². The first-order valence-electron chi connectivity index (χ1n) is 9.56. The molecular weight excluding hydrogens is 338 g/mol. The lowest BCUT2D eigenvalue weighted by Crippen LogP contribution is -2.55. The molecule has 6 heteroatoms. The zero-order valence-corrected chi connectivity index (χ0v) is 15.3. The Hall–Kier alpha value is -1.53. The van der Waals surface area contributed by atoms with Gasteiger partial charge in [0.05, 0.1) is 6.54 Å². The van der Waals surface area contributed by atoms with Gasteiger partial charge in [0.15, 0.2) is 0 Å². The van der Waals surface area contributed by atoms with Gasteiger partial charge in [-0.3, -0.25) is 9.69 Å². The van der Waals surface area contributed by atoms with Crippen molar-refractivity contribution in [1.82, 2.24) is 10.2 Å². The molecule has 1 aromatic rings. The van der Waals surface area contributed by atoms with Crippen LogP contribution in [-0.2, 0) is 11.2 Å². The van der Waals surface area contributed by atoms with Gasteiger partial charge < -0.3 is 10.4 Å². The van der Waals surface area contributed by atoms with E-state index in [2.05, 4.69) is 17.1 Å². The standard InChI is InChI=1S/C20H28F2N2O2/c1-13(2-5-15-6-7-16(21)8-19(15)22)23-17-9-18(10-17)24(12-20(25)26)11-14-3-4-14/h6-8,13-14,17-18,23H,2-5,9-12H2,1H3,(H,25,26). The Labute approximate surface area is 153 Å². The summed E-state index contributed by atoms with van der Waals surface area (Å²) in [7, 11) is 0. The van der Waals surface area contributed by atoms with Crippen LogP contribution in [-0.4, -0.2) is 47.2 Å². The molecule has 2 aliphatic rings. The Bertz CT molecular complexity index is 630. The van der Waals surface area contributed by atoms with E-state index in [-0.39, 0.29) is 12.6 Å². The number of hydrogen-bond acceptors (Lipinski definition) is 3. The number of carboxylic acids is 1. The summed E-state index contributed by atoms with van der Waals surface area (Å²) in [5.41, 5.74) is 0.545. The molecule has 0 saturated heterocycles. The molecule has 0 radical (unpaired) electrons. The topological polar surface area (TPSA) is 52.6 Å². The van der Waals surface area contributed by atoms with E-state index in [0.29, 0.717) is 30.0 Å². The maximum Gasteiger partial charge on any atom is 0.317 e. The smallest absolute Gasteiger partial charge is 0.317 e. The first-order valence-corrected chi connectivity index (χ1v) is 9.56. The van der Waals surface area contributed by atoms with Gasteiger partial charge >= 0.3 is 5.97 Å². The number of carbonyl (C=O) groups is 1. The first-order chi connectivity index (χ1) is 12.4. The lowest BCUT2D eigenvalue weighted by Gasteiger charge is -2.44.